The molecule has 0 aromatic heterocycles. The van der Waals surface area contributed by atoms with Crippen molar-refractivity contribution in [1.29, 1.82) is 0 Å². The summed E-state index contributed by atoms with van der Waals surface area (Å²) >= 11 is 5.78. The van der Waals surface area contributed by atoms with Crippen LogP contribution in [0.25, 0.3) is 0 Å². The Hall–Kier alpha value is -2.28. The fourth-order valence-electron chi connectivity index (χ4n) is 2.04. The van der Waals surface area contributed by atoms with Crippen molar-refractivity contribution in [3.8, 4) is 5.75 Å². The molecular weight excluding hydrogens is 364 g/mol. The van der Waals surface area contributed by atoms with Crippen molar-refractivity contribution in [3.63, 3.8) is 0 Å². The van der Waals surface area contributed by atoms with Crippen molar-refractivity contribution >= 4 is 17.6 Å². The zero-order valence-corrected chi connectivity index (χ0v) is 13.7. The Morgan fingerprint density at radius 2 is 1.80 bits per heavy atom. The second-order valence-corrected chi connectivity index (χ2v) is 5.38. The van der Waals surface area contributed by atoms with Crippen LogP contribution < -0.4 is 4.74 Å². The Kier molecular flexibility index (Phi) is 5.89. The van der Waals surface area contributed by atoms with Gasteiger partial charge in [0.25, 0.3) is 0 Å². The second-order valence-electron chi connectivity index (χ2n) is 4.94. The first kappa shape index (κ1) is 19.1. The maximum absolute atomic E-state index is 13.4. The van der Waals surface area contributed by atoms with Crippen LogP contribution in [0.1, 0.15) is 24.2 Å². The van der Waals surface area contributed by atoms with Gasteiger partial charge in [-0.25, -0.2) is 9.18 Å². The molecule has 0 heterocycles. The molecule has 2 aromatic rings. The maximum Gasteiger partial charge on any atom is 0.419 e. The van der Waals surface area contributed by atoms with E-state index in [9.17, 15) is 22.4 Å². The van der Waals surface area contributed by atoms with E-state index in [1.807, 2.05) is 0 Å². The summed E-state index contributed by atoms with van der Waals surface area (Å²) in [5, 5.41) is 0.410. The van der Waals surface area contributed by atoms with Gasteiger partial charge in [0.2, 0.25) is 6.10 Å². The number of carbonyl (C=O) groups excluding carboxylic acids is 1. The number of carbonyl (C=O) groups is 1. The number of halogens is 5. The summed E-state index contributed by atoms with van der Waals surface area (Å²) in [6.07, 6.45) is -6.20. The minimum atomic E-state index is -4.89. The van der Waals surface area contributed by atoms with Crippen molar-refractivity contribution in [2.75, 3.05) is 6.61 Å². The SMILES string of the molecule is CCOC(=O)C(Oc1ccc(F)c(C(F)(F)F)c1)c1ccc(Cl)cc1. The maximum atomic E-state index is 13.4. The lowest BCUT2D eigenvalue weighted by molar-refractivity contribution is -0.151. The highest BCUT2D eigenvalue weighted by Gasteiger charge is 2.35. The van der Waals surface area contributed by atoms with Crippen LogP contribution in [0.3, 0.4) is 0 Å². The van der Waals surface area contributed by atoms with E-state index in [1.54, 1.807) is 6.92 Å². The Morgan fingerprint density at radius 1 is 1.16 bits per heavy atom. The molecule has 0 N–H and O–H groups in total. The van der Waals surface area contributed by atoms with Gasteiger partial charge in [-0.1, -0.05) is 23.7 Å². The number of hydrogen-bond donors (Lipinski definition) is 0. The summed E-state index contributed by atoms with van der Waals surface area (Å²) in [7, 11) is 0. The van der Waals surface area contributed by atoms with Gasteiger partial charge in [-0.15, -0.1) is 0 Å². The van der Waals surface area contributed by atoms with Crippen LogP contribution in [0, 0.1) is 5.82 Å². The average molecular weight is 377 g/mol. The van der Waals surface area contributed by atoms with Crippen LogP contribution in [0.5, 0.6) is 5.75 Å². The largest absolute Gasteiger partial charge is 0.474 e. The van der Waals surface area contributed by atoms with Gasteiger partial charge in [-0.2, -0.15) is 13.2 Å². The standard InChI is InChI=1S/C17H13ClF4O3/c1-2-24-16(23)15(10-3-5-11(18)6-4-10)25-12-7-8-14(19)13(9-12)17(20,21)22/h3-9,15H,2H2,1H3. The van der Waals surface area contributed by atoms with Gasteiger partial charge < -0.3 is 9.47 Å². The molecule has 0 radical (unpaired) electrons. The average Bonchev–Trinajstić information content (AvgIpc) is 2.54. The van der Waals surface area contributed by atoms with Gasteiger partial charge >= 0.3 is 12.1 Å². The number of hydrogen-bond acceptors (Lipinski definition) is 3. The number of ether oxygens (including phenoxy) is 2. The first-order valence-electron chi connectivity index (χ1n) is 7.18. The van der Waals surface area contributed by atoms with E-state index >= 15 is 0 Å². The van der Waals surface area contributed by atoms with Crippen LogP contribution in [-0.2, 0) is 15.7 Å². The molecule has 0 saturated carbocycles. The van der Waals surface area contributed by atoms with Crippen LogP contribution >= 0.6 is 11.6 Å². The smallest absolute Gasteiger partial charge is 0.419 e. The van der Waals surface area contributed by atoms with Gasteiger partial charge in [0, 0.05) is 10.6 Å². The molecular formula is C17H13ClF4O3. The fourth-order valence-corrected chi connectivity index (χ4v) is 2.16. The Morgan fingerprint density at radius 3 is 2.36 bits per heavy atom. The highest BCUT2D eigenvalue weighted by atomic mass is 35.5. The summed E-state index contributed by atoms with van der Waals surface area (Å²) in [5.41, 5.74) is -1.15. The van der Waals surface area contributed by atoms with Gasteiger partial charge in [0.1, 0.15) is 11.6 Å². The fraction of sp³-hybridized carbons (Fsp3) is 0.235. The summed E-state index contributed by atoms with van der Waals surface area (Å²) in [5.74, 6) is -2.54. The highest BCUT2D eigenvalue weighted by Crippen LogP contribution is 2.35. The molecule has 8 heteroatoms. The molecule has 0 bridgehead atoms. The van der Waals surface area contributed by atoms with E-state index in [1.165, 1.54) is 24.3 Å². The van der Waals surface area contributed by atoms with Crippen LogP contribution in [0.2, 0.25) is 5.02 Å². The first-order chi connectivity index (χ1) is 11.7. The molecule has 0 saturated heterocycles. The molecule has 2 aromatic carbocycles. The normalized spacial score (nSPS) is 12.6. The predicted molar refractivity (Wildman–Crippen MR) is 82.9 cm³/mol. The predicted octanol–water partition coefficient (Wildman–Crippen LogP) is 5.18. The van der Waals surface area contributed by atoms with Crippen LogP contribution in [0.4, 0.5) is 17.6 Å². The van der Waals surface area contributed by atoms with Crippen LogP contribution in [0.15, 0.2) is 42.5 Å². The lowest BCUT2D eigenvalue weighted by Gasteiger charge is -2.19. The lowest BCUT2D eigenvalue weighted by atomic mass is 10.1. The minimum absolute atomic E-state index is 0.0590. The van der Waals surface area contributed by atoms with Crippen molar-refractivity contribution in [2.45, 2.75) is 19.2 Å². The van der Waals surface area contributed by atoms with E-state index < -0.39 is 29.6 Å². The minimum Gasteiger partial charge on any atom is -0.474 e. The summed E-state index contributed by atoms with van der Waals surface area (Å²) in [4.78, 5) is 12.1. The molecule has 134 valence electrons. The molecule has 0 aliphatic rings. The molecule has 25 heavy (non-hydrogen) atoms. The Labute approximate surface area is 146 Å². The van der Waals surface area contributed by atoms with E-state index in [0.717, 1.165) is 6.07 Å². The number of alkyl halides is 3. The quantitative estimate of drug-likeness (QED) is 0.532. The topological polar surface area (TPSA) is 35.5 Å². The molecule has 0 spiro atoms. The van der Waals surface area contributed by atoms with Crippen LogP contribution in [-0.4, -0.2) is 12.6 Å². The van der Waals surface area contributed by atoms with Crippen molar-refractivity contribution in [3.05, 3.63) is 64.4 Å². The number of esters is 1. The lowest BCUT2D eigenvalue weighted by Crippen LogP contribution is -2.21. The molecule has 0 aliphatic heterocycles. The Bertz CT molecular complexity index is 745. The van der Waals surface area contributed by atoms with Crippen molar-refractivity contribution in [2.24, 2.45) is 0 Å². The summed E-state index contributed by atoms with van der Waals surface area (Å²) in [6, 6.07) is 8.10. The van der Waals surface area contributed by atoms with E-state index in [0.29, 0.717) is 22.7 Å². The first-order valence-corrected chi connectivity index (χ1v) is 7.55. The molecule has 0 amide bonds. The molecule has 0 aliphatic carbocycles. The van der Waals surface area contributed by atoms with Gasteiger partial charge in [-0.05, 0) is 37.3 Å². The molecule has 0 fully saturated rings. The zero-order valence-electron chi connectivity index (χ0n) is 12.9. The molecule has 2 rings (SSSR count). The van der Waals surface area contributed by atoms with Crippen molar-refractivity contribution in [1.82, 2.24) is 0 Å². The van der Waals surface area contributed by atoms with Gasteiger partial charge in [0.05, 0.1) is 12.2 Å². The number of benzene rings is 2. The summed E-state index contributed by atoms with van der Waals surface area (Å²) in [6.45, 7) is 1.64. The van der Waals surface area contributed by atoms with Gasteiger partial charge in [-0.3, -0.25) is 0 Å². The monoisotopic (exact) mass is 376 g/mol. The van der Waals surface area contributed by atoms with Crippen molar-refractivity contribution < 1.29 is 31.8 Å². The third-order valence-corrected chi connectivity index (χ3v) is 3.42. The second kappa shape index (κ2) is 7.74. The van der Waals surface area contributed by atoms with Gasteiger partial charge in [0.15, 0.2) is 0 Å². The Balaban J connectivity index is 2.37. The molecule has 1 unspecified atom stereocenters. The molecule has 1 atom stereocenters. The third-order valence-electron chi connectivity index (χ3n) is 3.17. The highest BCUT2D eigenvalue weighted by molar-refractivity contribution is 6.30. The van der Waals surface area contributed by atoms with E-state index in [4.69, 9.17) is 21.1 Å². The van der Waals surface area contributed by atoms with E-state index in [2.05, 4.69) is 0 Å². The third kappa shape index (κ3) is 4.85. The van der Waals surface area contributed by atoms with E-state index in [-0.39, 0.29) is 12.4 Å². The molecule has 3 nitrogen and oxygen atoms in total. The summed E-state index contributed by atoms with van der Waals surface area (Å²) < 4.78 is 62.1. The zero-order chi connectivity index (χ0) is 18.6. The number of rotatable bonds is 5.